The predicted octanol–water partition coefficient (Wildman–Crippen LogP) is 2.52. The lowest BCUT2D eigenvalue weighted by molar-refractivity contribution is 0.0217. The molecule has 0 spiro atoms. The Morgan fingerprint density at radius 2 is 1.87 bits per heavy atom. The molecule has 5 heterocycles. The van der Waals surface area contributed by atoms with Crippen LogP contribution in [0.25, 0.3) is 0 Å². The van der Waals surface area contributed by atoms with Crippen LogP contribution in [0.15, 0.2) is 34.9 Å². The molecule has 0 aliphatic carbocycles. The number of ether oxygens (including phenoxy) is 2. The van der Waals surface area contributed by atoms with Crippen LogP contribution in [0.4, 0.5) is 6.01 Å². The van der Waals surface area contributed by atoms with E-state index in [9.17, 15) is 4.79 Å². The van der Waals surface area contributed by atoms with Gasteiger partial charge in [0.15, 0.2) is 0 Å². The highest BCUT2D eigenvalue weighted by Gasteiger charge is 2.40. The summed E-state index contributed by atoms with van der Waals surface area (Å²) in [5, 5.41) is 3.26. The molecule has 0 radical (unpaired) electrons. The number of carbonyl (C=O) groups is 1. The molecule has 30 heavy (non-hydrogen) atoms. The number of amides is 1. The van der Waals surface area contributed by atoms with Gasteiger partial charge in [0, 0.05) is 30.7 Å². The average Bonchev–Trinajstić information content (AvgIpc) is 3.26. The smallest absolute Gasteiger partial charge is 0.312 e. The minimum atomic E-state index is -0.0265. The van der Waals surface area contributed by atoms with Gasteiger partial charge < -0.3 is 24.1 Å². The third-order valence-corrected chi connectivity index (χ3v) is 6.56. The van der Waals surface area contributed by atoms with Crippen molar-refractivity contribution in [2.45, 2.75) is 31.8 Å². The van der Waals surface area contributed by atoms with E-state index in [4.69, 9.17) is 13.9 Å². The number of hydrogen-bond donors (Lipinski definition) is 1. The number of oxazole rings is 1. The molecular formula is C22H28N4O4. The molecule has 4 aliphatic rings. The quantitative estimate of drug-likeness (QED) is 0.808. The van der Waals surface area contributed by atoms with Crippen molar-refractivity contribution in [2.75, 3.05) is 44.3 Å². The molecule has 8 nitrogen and oxygen atoms in total. The zero-order valence-corrected chi connectivity index (χ0v) is 17.3. The van der Waals surface area contributed by atoms with Crippen molar-refractivity contribution in [3.05, 3.63) is 36.0 Å². The van der Waals surface area contributed by atoms with Crippen LogP contribution >= 0.6 is 0 Å². The van der Waals surface area contributed by atoms with Gasteiger partial charge in [-0.1, -0.05) is 0 Å². The monoisotopic (exact) mass is 412 g/mol. The SMILES string of the molecule is C[C@H]1[C@H](NC(=O)c2ccc(Oc3cnc(N4CCOCC4)o3)cc2)C2CCN1CC2. The van der Waals surface area contributed by atoms with E-state index >= 15 is 0 Å². The van der Waals surface area contributed by atoms with Crippen LogP contribution < -0.4 is 15.0 Å². The number of anilines is 1. The molecule has 1 N–H and O–H groups in total. The van der Waals surface area contributed by atoms with Crippen LogP contribution in [0.1, 0.15) is 30.1 Å². The number of fused-ring (bicyclic) bond motifs is 3. The molecule has 4 aliphatic heterocycles. The van der Waals surface area contributed by atoms with Gasteiger partial charge in [-0.05, 0) is 63.0 Å². The van der Waals surface area contributed by atoms with Gasteiger partial charge in [0.05, 0.1) is 13.2 Å². The summed E-state index contributed by atoms with van der Waals surface area (Å²) in [7, 11) is 0. The van der Waals surface area contributed by atoms with Gasteiger partial charge in [-0.2, -0.15) is 4.98 Å². The Morgan fingerprint density at radius 3 is 2.57 bits per heavy atom. The molecule has 6 rings (SSSR count). The maximum absolute atomic E-state index is 12.8. The zero-order chi connectivity index (χ0) is 20.5. The fourth-order valence-corrected chi connectivity index (χ4v) is 4.77. The molecule has 2 aromatic rings. The van der Waals surface area contributed by atoms with E-state index in [1.165, 1.54) is 12.8 Å². The van der Waals surface area contributed by atoms with Crippen LogP contribution in [0.5, 0.6) is 11.7 Å². The number of nitrogens with zero attached hydrogens (tertiary/aromatic N) is 3. The number of morpholine rings is 1. The lowest BCUT2D eigenvalue weighted by Crippen LogP contribution is -2.62. The summed E-state index contributed by atoms with van der Waals surface area (Å²) in [6.45, 7) is 7.36. The van der Waals surface area contributed by atoms with Crippen molar-refractivity contribution in [1.82, 2.24) is 15.2 Å². The lowest BCUT2D eigenvalue weighted by Gasteiger charge is -2.49. The molecular weight excluding hydrogens is 384 g/mol. The summed E-state index contributed by atoms with van der Waals surface area (Å²) in [4.78, 5) is 21.6. The van der Waals surface area contributed by atoms with Crippen molar-refractivity contribution < 1.29 is 18.7 Å². The van der Waals surface area contributed by atoms with E-state index < -0.39 is 0 Å². The number of piperidine rings is 3. The lowest BCUT2D eigenvalue weighted by atomic mass is 9.79. The molecule has 4 fully saturated rings. The first-order valence-electron chi connectivity index (χ1n) is 10.8. The summed E-state index contributed by atoms with van der Waals surface area (Å²) in [6, 6.07) is 8.31. The van der Waals surface area contributed by atoms with Gasteiger partial charge in [0.25, 0.3) is 11.9 Å². The largest absolute Gasteiger partial charge is 0.425 e. The third kappa shape index (κ3) is 3.89. The Kier molecular flexibility index (Phi) is 5.35. The Balaban J connectivity index is 1.19. The first-order chi connectivity index (χ1) is 14.7. The van der Waals surface area contributed by atoms with E-state index in [0.29, 0.717) is 48.4 Å². The summed E-state index contributed by atoms with van der Waals surface area (Å²) in [5.74, 6) is 1.49. The summed E-state index contributed by atoms with van der Waals surface area (Å²) in [5.41, 5.74) is 0.637. The van der Waals surface area contributed by atoms with E-state index in [1.54, 1.807) is 30.5 Å². The van der Waals surface area contributed by atoms with Crippen molar-refractivity contribution in [3.63, 3.8) is 0 Å². The maximum Gasteiger partial charge on any atom is 0.312 e. The number of benzene rings is 1. The molecule has 160 valence electrons. The van der Waals surface area contributed by atoms with Gasteiger partial charge >= 0.3 is 5.95 Å². The van der Waals surface area contributed by atoms with Crippen LogP contribution in [-0.4, -0.2) is 67.3 Å². The van der Waals surface area contributed by atoms with Crippen molar-refractivity contribution in [3.8, 4) is 11.7 Å². The number of carbonyl (C=O) groups excluding carboxylic acids is 1. The molecule has 0 saturated carbocycles. The predicted molar refractivity (Wildman–Crippen MR) is 111 cm³/mol. The average molecular weight is 412 g/mol. The van der Waals surface area contributed by atoms with Crippen molar-refractivity contribution >= 4 is 11.9 Å². The van der Waals surface area contributed by atoms with Gasteiger partial charge in [-0.3, -0.25) is 9.69 Å². The first kappa shape index (κ1) is 19.4. The van der Waals surface area contributed by atoms with Crippen LogP contribution in [0.3, 0.4) is 0 Å². The molecule has 0 unspecified atom stereocenters. The topological polar surface area (TPSA) is 80.1 Å². The third-order valence-electron chi connectivity index (χ3n) is 6.56. The number of hydrogen-bond acceptors (Lipinski definition) is 7. The second-order valence-electron chi connectivity index (χ2n) is 8.30. The highest BCUT2D eigenvalue weighted by Crippen LogP contribution is 2.32. The Morgan fingerprint density at radius 1 is 1.13 bits per heavy atom. The minimum Gasteiger partial charge on any atom is -0.425 e. The summed E-state index contributed by atoms with van der Waals surface area (Å²) < 4.78 is 16.8. The standard InChI is InChI=1S/C22H28N4O4/c1-15-20(16-6-8-25(15)9-7-16)24-21(27)17-2-4-18(5-3-17)29-19-14-23-22(30-19)26-10-12-28-13-11-26/h2-5,14-16,20H,6-13H2,1H3,(H,24,27)/t15-,20-/m0/s1. The zero-order valence-electron chi connectivity index (χ0n) is 17.3. The highest BCUT2D eigenvalue weighted by atomic mass is 16.6. The van der Waals surface area contributed by atoms with Crippen molar-refractivity contribution in [2.24, 2.45) is 5.92 Å². The Bertz CT molecular complexity index is 868. The van der Waals surface area contributed by atoms with Gasteiger partial charge in [-0.25, -0.2) is 0 Å². The van der Waals surface area contributed by atoms with E-state index in [1.807, 2.05) is 4.90 Å². The van der Waals surface area contributed by atoms with Crippen molar-refractivity contribution in [1.29, 1.82) is 0 Å². The van der Waals surface area contributed by atoms with Crippen LogP contribution in [0.2, 0.25) is 0 Å². The van der Waals surface area contributed by atoms with E-state index in [0.717, 1.165) is 26.2 Å². The molecule has 1 amide bonds. The molecule has 2 bridgehead atoms. The maximum atomic E-state index is 12.8. The van der Waals surface area contributed by atoms with Gasteiger partial charge in [-0.15, -0.1) is 0 Å². The Hall–Kier alpha value is -2.58. The summed E-state index contributed by atoms with van der Waals surface area (Å²) in [6.07, 6.45) is 3.91. The van der Waals surface area contributed by atoms with E-state index in [-0.39, 0.29) is 11.9 Å². The molecule has 4 saturated heterocycles. The van der Waals surface area contributed by atoms with E-state index in [2.05, 4.69) is 22.1 Å². The second kappa shape index (κ2) is 8.28. The van der Waals surface area contributed by atoms with Crippen LogP contribution in [0, 0.1) is 5.92 Å². The fraction of sp³-hybridized carbons (Fsp3) is 0.545. The minimum absolute atomic E-state index is 0.0265. The molecule has 2 atom stereocenters. The Labute approximate surface area is 176 Å². The number of aromatic nitrogens is 1. The highest BCUT2D eigenvalue weighted by molar-refractivity contribution is 5.94. The molecule has 1 aromatic carbocycles. The number of rotatable bonds is 5. The summed E-state index contributed by atoms with van der Waals surface area (Å²) >= 11 is 0. The fourth-order valence-electron chi connectivity index (χ4n) is 4.77. The van der Waals surface area contributed by atoms with Gasteiger partial charge in [0.1, 0.15) is 11.9 Å². The molecule has 8 heteroatoms. The number of nitrogens with one attached hydrogen (secondary N) is 1. The normalized spacial score (nSPS) is 28.4. The first-order valence-corrected chi connectivity index (χ1v) is 10.8. The van der Waals surface area contributed by atoms with Gasteiger partial charge in [0.2, 0.25) is 0 Å². The molecule has 1 aromatic heterocycles. The second-order valence-corrected chi connectivity index (χ2v) is 8.30. The van der Waals surface area contributed by atoms with Crippen LogP contribution in [-0.2, 0) is 4.74 Å².